The lowest BCUT2D eigenvalue weighted by Gasteiger charge is -2.52. The maximum absolute atomic E-state index is 3.82. The second kappa shape index (κ2) is 5.50. The third-order valence-corrected chi connectivity index (χ3v) is 5.27. The van der Waals surface area contributed by atoms with Gasteiger partial charge in [0.15, 0.2) is 0 Å². The van der Waals surface area contributed by atoms with Crippen molar-refractivity contribution in [2.45, 2.75) is 77.9 Å². The van der Waals surface area contributed by atoms with Gasteiger partial charge in [-0.05, 0) is 44.9 Å². The summed E-state index contributed by atoms with van der Waals surface area (Å²) < 4.78 is 0. The van der Waals surface area contributed by atoms with Gasteiger partial charge in [-0.3, -0.25) is 4.90 Å². The van der Waals surface area contributed by atoms with Gasteiger partial charge in [0.1, 0.15) is 0 Å². The van der Waals surface area contributed by atoms with Gasteiger partial charge in [-0.1, -0.05) is 27.2 Å². The Balaban J connectivity index is 2.10. The quantitative estimate of drug-likeness (QED) is 0.808. The van der Waals surface area contributed by atoms with E-state index in [1.165, 1.54) is 38.8 Å². The first kappa shape index (κ1) is 14.3. The molecule has 0 radical (unpaired) electrons. The molecule has 3 atom stereocenters. The Morgan fingerprint density at radius 2 is 1.94 bits per heavy atom. The van der Waals surface area contributed by atoms with Crippen LogP contribution in [0.15, 0.2) is 0 Å². The minimum absolute atomic E-state index is 0.417. The molecule has 2 aliphatic rings. The van der Waals surface area contributed by atoms with Gasteiger partial charge in [-0.15, -0.1) is 0 Å². The number of hydrogen-bond donors (Lipinski definition) is 1. The Labute approximate surface area is 114 Å². The molecule has 1 saturated heterocycles. The maximum Gasteiger partial charge on any atom is 0.0337 e. The highest BCUT2D eigenvalue weighted by molar-refractivity contribution is 5.06. The van der Waals surface area contributed by atoms with E-state index in [0.717, 1.165) is 17.9 Å². The highest BCUT2D eigenvalue weighted by Crippen LogP contribution is 2.45. The van der Waals surface area contributed by atoms with Crippen molar-refractivity contribution in [3.63, 3.8) is 0 Å². The predicted molar refractivity (Wildman–Crippen MR) is 78.8 cm³/mol. The molecule has 18 heavy (non-hydrogen) atoms. The number of nitrogens with zero attached hydrogens (tertiary/aromatic N) is 1. The number of nitrogens with one attached hydrogen (secondary N) is 1. The van der Waals surface area contributed by atoms with Gasteiger partial charge in [0.05, 0.1) is 0 Å². The van der Waals surface area contributed by atoms with Crippen molar-refractivity contribution in [2.24, 2.45) is 11.8 Å². The van der Waals surface area contributed by atoms with E-state index in [1.54, 1.807) is 0 Å². The van der Waals surface area contributed by atoms with Crippen molar-refractivity contribution in [3.05, 3.63) is 0 Å². The topological polar surface area (TPSA) is 15.3 Å². The van der Waals surface area contributed by atoms with E-state index in [-0.39, 0.29) is 0 Å². The van der Waals surface area contributed by atoms with Crippen LogP contribution in [0.3, 0.4) is 0 Å². The molecule has 0 aromatic rings. The molecule has 0 aromatic heterocycles. The largest absolute Gasteiger partial charge is 0.311 e. The number of rotatable bonds is 5. The highest BCUT2D eigenvalue weighted by atomic mass is 15.3. The van der Waals surface area contributed by atoms with E-state index in [2.05, 4.69) is 44.8 Å². The smallest absolute Gasteiger partial charge is 0.0337 e. The molecule has 3 unspecified atom stereocenters. The summed E-state index contributed by atoms with van der Waals surface area (Å²) in [4.78, 5) is 2.84. The molecule has 1 aliphatic heterocycles. The molecule has 106 valence electrons. The normalized spacial score (nSPS) is 36.0. The lowest BCUT2D eigenvalue weighted by Crippen LogP contribution is -2.67. The van der Waals surface area contributed by atoms with Crippen LogP contribution in [0.5, 0.6) is 0 Å². The average molecular weight is 252 g/mol. The first-order chi connectivity index (χ1) is 8.49. The summed E-state index contributed by atoms with van der Waals surface area (Å²) in [6.07, 6.45) is 5.53. The van der Waals surface area contributed by atoms with Crippen LogP contribution < -0.4 is 5.32 Å². The molecule has 1 heterocycles. The fourth-order valence-corrected chi connectivity index (χ4v) is 3.71. The van der Waals surface area contributed by atoms with E-state index in [4.69, 9.17) is 0 Å². The molecule has 0 bridgehead atoms. The van der Waals surface area contributed by atoms with Crippen LogP contribution in [0.1, 0.15) is 60.3 Å². The zero-order valence-electron chi connectivity index (χ0n) is 13.0. The van der Waals surface area contributed by atoms with Crippen LogP contribution in [0, 0.1) is 11.8 Å². The van der Waals surface area contributed by atoms with Crippen LogP contribution in [0.25, 0.3) is 0 Å². The Morgan fingerprint density at radius 3 is 2.44 bits per heavy atom. The molecule has 1 N–H and O–H groups in total. The summed E-state index contributed by atoms with van der Waals surface area (Å²) >= 11 is 0. The van der Waals surface area contributed by atoms with Gasteiger partial charge in [0.25, 0.3) is 0 Å². The summed E-state index contributed by atoms with van der Waals surface area (Å²) in [5.74, 6) is 1.68. The van der Waals surface area contributed by atoms with E-state index in [9.17, 15) is 0 Å². The summed E-state index contributed by atoms with van der Waals surface area (Å²) in [7, 11) is 0. The second-order valence-corrected chi connectivity index (χ2v) is 7.15. The van der Waals surface area contributed by atoms with Crippen molar-refractivity contribution < 1.29 is 0 Å². The van der Waals surface area contributed by atoms with Gasteiger partial charge in [0, 0.05) is 30.7 Å². The summed E-state index contributed by atoms with van der Waals surface area (Å²) in [6, 6.07) is 1.42. The summed E-state index contributed by atoms with van der Waals surface area (Å²) in [6.45, 7) is 14.4. The van der Waals surface area contributed by atoms with Crippen molar-refractivity contribution in [3.8, 4) is 0 Å². The molecule has 1 aliphatic carbocycles. The summed E-state index contributed by atoms with van der Waals surface area (Å²) in [5.41, 5.74) is 0.417. The van der Waals surface area contributed by atoms with Crippen LogP contribution >= 0.6 is 0 Å². The predicted octanol–water partition coefficient (Wildman–Crippen LogP) is 3.27. The lowest BCUT2D eigenvalue weighted by atomic mass is 9.85. The average Bonchev–Trinajstić information content (AvgIpc) is 3.13. The zero-order chi connectivity index (χ0) is 13.3. The SMILES string of the molecule is CCCC(C)N1CC(C(C)C)NCC1(C)C1CC1. The Morgan fingerprint density at radius 1 is 1.28 bits per heavy atom. The Bertz CT molecular complexity index is 272. The molecule has 0 spiro atoms. The molecule has 1 saturated carbocycles. The van der Waals surface area contributed by atoms with Crippen LogP contribution in [0.2, 0.25) is 0 Å². The van der Waals surface area contributed by atoms with Crippen LogP contribution in [-0.4, -0.2) is 35.6 Å². The van der Waals surface area contributed by atoms with Crippen molar-refractivity contribution in [1.29, 1.82) is 0 Å². The third-order valence-electron chi connectivity index (χ3n) is 5.27. The van der Waals surface area contributed by atoms with Crippen molar-refractivity contribution in [2.75, 3.05) is 13.1 Å². The first-order valence-electron chi connectivity index (χ1n) is 7.99. The number of piperazine rings is 1. The van der Waals surface area contributed by atoms with Gasteiger partial charge >= 0.3 is 0 Å². The van der Waals surface area contributed by atoms with Gasteiger partial charge in [0.2, 0.25) is 0 Å². The lowest BCUT2D eigenvalue weighted by molar-refractivity contribution is -0.00679. The molecular weight excluding hydrogens is 220 g/mol. The molecular formula is C16H32N2. The minimum atomic E-state index is 0.417. The standard InChI is InChI=1S/C16H32N2/c1-6-7-13(4)18-10-15(12(2)3)17-11-16(18,5)14-8-9-14/h12-15,17H,6-11H2,1-5H3. The van der Waals surface area contributed by atoms with Crippen LogP contribution in [0.4, 0.5) is 0 Å². The molecule has 2 heteroatoms. The van der Waals surface area contributed by atoms with E-state index in [1.807, 2.05) is 0 Å². The van der Waals surface area contributed by atoms with E-state index >= 15 is 0 Å². The molecule has 2 nitrogen and oxygen atoms in total. The fraction of sp³-hybridized carbons (Fsp3) is 1.00. The molecule has 0 aromatic carbocycles. The highest BCUT2D eigenvalue weighted by Gasteiger charge is 2.49. The fourth-order valence-electron chi connectivity index (χ4n) is 3.71. The zero-order valence-corrected chi connectivity index (χ0v) is 13.0. The van der Waals surface area contributed by atoms with Gasteiger partial charge in [-0.2, -0.15) is 0 Å². The molecule has 2 fully saturated rings. The van der Waals surface area contributed by atoms with Crippen LogP contribution in [-0.2, 0) is 0 Å². The third kappa shape index (κ3) is 2.75. The molecule has 2 rings (SSSR count). The monoisotopic (exact) mass is 252 g/mol. The van der Waals surface area contributed by atoms with Gasteiger partial charge < -0.3 is 5.32 Å². The van der Waals surface area contributed by atoms with Gasteiger partial charge in [-0.25, -0.2) is 0 Å². The van der Waals surface area contributed by atoms with E-state index in [0.29, 0.717) is 11.6 Å². The molecule has 0 amide bonds. The Kier molecular flexibility index (Phi) is 4.38. The number of hydrogen-bond acceptors (Lipinski definition) is 2. The minimum Gasteiger partial charge on any atom is -0.311 e. The van der Waals surface area contributed by atoms with Crippen molar-refractivity contribution >= 4 is 0 Å². The second-order valence-electron chi connectivity index (χ2n) is 7.15. The van der Waals surface area contributed by atoms with Crippen molar-refractivity contribution in [1.82, 2.24) is 10.2 Å². The first-order valence-corrected chi connectivity index (χ1v) is 7.99. The maximum atomic E-state index is 3.82. The van der Waals surface area contributed by atoms with E-state index < -0.39 is 0 Å². The Hall–Kier alpha value is -0.0800. The summed E-state index contributed by atoms with van der Waals surface area (Å²) in [5, 5.41) is 3.82.